The fraction of sp³-hybridized carbons (Fsp3) is 0.308. The maximum absolute atomic E-state index is 10.9. The number of hydrogen-bond donors (Lipinski definition) is 1. The summed E-state index contributed by atoms with van der Waals surface area (Å²) < 4.78 is 6.94. The predicted molar refractivity (Wildman–Crippen MR) is 74.7 cm³/mol. The van der Waals surface area contributed by atoms with Crippen LogP contribution in [0.2, 0.25) is 0 Å². The van der Waals surface area contributed by atoms with Crippen molar-refractivity contribution in [3.05, 3.63) is 45.6 Å². The van der Waals surface area contributed by atoms with E-state index in [0.717, 1.165) is 11.3 Å². The van der Waals surface area contributed by atoms with E-state index in [1.54, 1.807) is 6.92 Å². The summed E-state index contributed by atoms with van der Waals surface area (Å²) in [4.78, 5) is 10.4. The van der Waals surface area contributed by atoms with E-state index < -0.39 is 4.92 Å². The van der Waals surface area contributed by atoms with Crippen molar-refractivity contribution in [1.29, 1.82) is 0 Å². The summed E-state index contributed by atoms with van der Waals surface area (Å²) in [5.74, 6) is 0.781. The van der Waals surface area contributed by atoms with E-state index in [9.17, 15) is 10.1 Å². The molecule has 2 N–H and O–H groups in total. The molecule has 0 spiro atoms. The van der Waals surface area contributed by atoms with Gasteiger partial charge in [0.15, 0.2) is 0 Å². The lowest BCUT2D eigenvalue weighted by atomic mass is 10.2. The molecule has 0 aliphatic heterocycles. The third kappa shape index (κ3) is 2.56. The number of nitrogen functional groups attached to an aromatic ring is 1. The molecule has 20 heavy (non-hydrogen) atoms. The van der Waals surface area contributed by atoms with Crippen molar-refractivity contribution in [1.82, 2.24) is 9.78 Å². The topological polar surface area (TPSA) is 96.2 Å². The fourth-order valence-corrected chi connectivity index (χ4v) is 2.03. The highest BCUT2D eigenvalue weighted by Crippen LogP contribution is 2.27. The summed E-state index contributed by atoms with van der Waals surface area (Å²) in [7, 11) is 0. The van der Waals surface area contributed by atoms with E-state index >= 15 is 0 Å². The molecule has 0 saturated carbocycles. The number of nitrogens with zero attached hydrogens (tertiary/aromatic N) is 3. The largest absolute Gasteiger partial charge is 0.494 e. The first-order valence-corrected chi connectivity index (χ1v) is 6.22. The molecule has 7 nitrogen and oxygen atoms in total. The Kier molecular flexibility index (Phi) is 3.88. The average Bonchev–Trinajstić information content (AvgIpc) is 2.67. The molecule has 7 heteroatoms. The Morgan fingerprint density at radius 1 is 1.45 bits per heavy atom. The van der Waals surface area contributed by atoms with Gasteiger partial charge in [-0.25, -0.2) is 4.68 Å². The van der Waals surface area contributed by atoms with Crippen LogP contribution in [0.25, 0.3) is 0 Å². The molecule has 0 bridgehead atoms. The van der Waals surface area contributed by atoms with Gasteiger partial charge in [0.1, 0.15) is 11.4 Å². The van der Waals surface area contributed by atoms with Crippen molar-refractivity contribution < 1.29 is 9.66 Å². The van der Waals surface area contributed by atoms with Crippen LogP contribution in [0.15, 0.2) is 24.3 Å². The molecule has 0 saturated heterocycles. The number of anilines is 1. The molecule has 106 valence electrons. The minimum Gasteiger partial charge on any atom is -0.494 e. The number of rotatable bonds is 5. The molecule has 0 fully saturated rings. The van der Waals surface area contributed by atoms with E-state index in [4.69, 9.17) is 10.5 Å². The maximum Gasteiger partial charge on any atom is 0.333 e. The second-order valence-corrected chi connectivity index (χ2v) is 4.27. The number of aryl methyl sites for hydroxylation is 1. The van der Waals surface area contributed by atoms with Gasteiger partial charge in [0.25, 0.3) is 0 Å². The molecule has 1 aromatic heterocycles. The van der Waals surface area contributed by atoms with E-state index in [2.05, 4.69) is 5.10 Å². The van der Waals surface area contributed by atoms with Crippen molar-refractivity contribution in [2.75, 3.05) is 12.3 Å². The molecule has 0 radical (unpaired) electrons. The van der Waals surface area contributed by atoms with Gasteiger partial charge in [0.05, 0.1) is 18.1 Å². The Labute approximate surface area is 116 Å². The molecule has 0 aliphatic rings. The van der Waals surface area contributed by atoms with Crippen LogP contribution in [0.1, 0.15) is 18.2 Å². The summed E-state index contributed by atoms with van der Waals surface area (Å²) in [5.41, 5.74) is 6.84. The van der Waals surface area contributed by atoms with E-state index in [0.29, 0.717) is 18.8 Å². The summed E-state index contributed by atoms with van der Waals surface area (Å²) >= 11 is 0. The van der Waals surface area contributed by atoms with Gasteiger partial charge in [-0.05, 0) is 19.9 Å². The Hall–Kier alpha value is -2.57. The molecular formula is C13H16N4O3. The second-order valence-electron chi connectivity index (χ2n) is 4.27. The summed E-state index contributed by atoms with van der Waals surface area (Å²) in [6.07, 6.45) is 0. The van der Waals surface area contributed by atoms with Crippen LogP contribution in [-0.2, 0) is 6.54 Å². The lowest BCUT2D eigenvalue weighted by Crippen LogP contribution is -2.08. The monoisotopic (exact) mass is 276 g/mol. The van der Waals surface area contributed by atoms with Gasteiger partial charge in [-0.2, -0.15) is 5.10 Å². The van der Waals surface area contributed by atoms with Gasteiger partial charge in [-0.15, -0.1) is 0 Å². The Morgan fingerprint density at radius 2 is 2.15 bits per heavy atom. The van der Waals surface area contributed by atoms with Crippen LogP contribution in [0, 0.1) is 17.0 Å². The third-order valence-electron chi connectivity index (χ3n) is 2.91. The first kappa shape index (κ1) is 13.9. The number of benzene rings is 1. The van der Waals surface area contributed by atoms with Crippen LogP contribution in [-0.4, -0.2) is 21.3 Å². The van der Waals surface area contributed by atoms with E-state index in [1.807, 2.05) is 31.2 Å². The molecule has 2 aromatic rings. The lowest BCUT2D eigenvalue weighted by molar-refractivity contribution is -0.384. The second kappa shape index (κ2) is 5.60. The van der Waals surface area contributed by atoms with Gasteiger partial charge in [-0.3, -0.25) is 10.1 Å². The minimum absolute atomic E-state index is 0.0544. The zero-order chi connectivity index (χ0) is 14.7. The van der Waals surface area contributed by atoms with Crippen LogP contribution in [0.3, 0.4) is 0 Å². The Morgan fingerprint density at radius 3 is 2.75 bits per heavy atom. The summed E-state index contributed by atoms with van der Waals surface area (Å²) in [6.45, 7) is 4.34. The Bertz CT molecular complexity index is 637. The molecule has 0 unspecified atom stereocenters. The third-order valence-corrected chi connectivity index (χ3v) is 2.91. The van der Waals surface area contributed by atoms with Crippen molar-refractivity contribution in [3.8, 4) is 5.75 Å². The van der Waals surface area contributed by atoms with Gasteiger partial charge in [-0.1, -0.05) is 18.2 Å². The molecule has 0 amide bonds. The lowest BCUT2D eigenvalue weighted by Gasteiger charge is -2.10. The van der Waals surface area contributed by atoms with Crippen LogP contribution < -0.4 is 10.5 Å². The molecule has 1 heterocycles. The SMILES string of the molecule is CCOc1ccccc1Cn1nc(C)c([N+](=O)[O-])c1N. The fourth-order valence-electron chi connectivity index (χ4n) is 2.03. The van der Waals surface area contributed by atoms with Crippen molar-refractivity contribution >= 4 is 11.5 Å². The van der Waals surface area contributed by atoms with Gasteiger partial charge < -0.3 is 10.5 Å². The highest BCUT2D eigenvalue weighted by atomic mass is 16.6. The van der Waals surface area contributed by atoms with Crippen molar-refractivity contribution in [2.24, 2.45) is 0 Å². The molecule has 1 aromatic carbocycles. The highest BCUT2D eigenvalue weighted by molar-refractivity contribution is 5.56. The number of aromatic nitrogens is 2. The smallest absolute Gasteiger partial charge is 0.333 e. The number of nitro groups is 1. The molecular weight excluding hydrogens is 260 g/mol. The predicted octanol–water partition coefficient (Wildman–Crippen LogP) is 2.13. The number of para-hydroxylation sites is 1. The molecule has 2 rings (SSSR count). The quantitative estimate of drug-likeness (QED) is 0.666. The van der Waals surface area contributed by atoms with Crippen LogP contribution in [0.4, 0.5) is 11.5 Å². The number of hydrogen-bond acceptors (Lipinski definition) is 5. The Balaban J connectivity index is 2.36. The van der Waals surface area contributed by atoms with Crippen molar-refractivity contribution in [3.63, 3.8) is 0 Å². The standard InChI is InChI=1S/C13H16N4O3/c1-3-20-11-7-5-4-6-10(11)8-16-13(14)12(17(18)19)9(2)15-16/h4-7H,3,8,14H2,1-2H3. The van der Waals surface area contributed by atoms with E-state index in [-0.39, 0.29) is 11.5 Å². The van der Waals surface area contributed by atoms with Crippen LogP contribution >= 0.6 is 0 Å². The molecule has 0 aliphatic carbocycles. The zero-order valence-corrected chi connectivity index (χ0v) is 11.4. The first-order chi connectivity index (χ1) is 9.54. The normalized spacial score (nSPS) is 10.5. The van der Waals surface area contributed by atoms with Gasteiger partial charge in [0, 0.05) is 5.56 Å². The van der Waals surface area contributed by atoms with Crippen LogP contribution in [0.5, 0.6) is 5.75 Å². The zero-order valence-electron chi connectivity index (χ0n) is 11.4. The number of nitrogens with two attached hydrogens (primary N) is 1. The van der Waals surface area contributed by atoms with E-state index in [1.165, 1.54) is 4.68 Å². The number of ether oxygens (including phenoxy) is 1. The van der Waals surface area contributed by atoms with Gasteiger partial charge in [0.2, 0.25) is 5.82 Å². The summed E-state index contributed by atoms with van der Waals surface area (Å²) in [6, 6.07) is 7.47. The maximum atomic E-state index is 10.9. The highest BCUT2D eigenvalue weighted by Gasteiger charge is 2.23. The first-order valence-electron chi connectivity index (χ1n) is 6.22. The molecule has 0 atom stereocenters. The average molecular weight is 276 g/mol. The van der Waals surface area contributed by atoms with Gasteiger partial charge >= 0.3 is 5.69 Å². The summed E-state index contributed by atoms with van der Waals surface area (Å²) in [5, 5.41) is 15.0. The minimum atomic E-state index is -0.511. The van der Waals surface area contributed by atoms with Crippen molar-refractivity contribution in [2.45, 2.75) is 20.4 Å².